The van der Waals surface area contributed by atoms with Crippen LogP contribution < -0.4 is 0 Å². The summed E-state index contributed by atoms with van der Waals surface area (Å²) in [6.45, 7) is 6.04. The number of rotatable bonds is 0. The van der Waals surface area contributed by atoms with E-state index in [1.807, 2.05) is 26.8 Å². The lowest BCUT2D eigenvalue weighted by molar-refractivity contribution is 0.563. The SMILES string of the molecule is CC(C)(C)c1nccnc1C#N. The normalized spacial score (nSPS) is 10.8. The van der Waals surface area contributed by atoms with Gasteiger partial charge in [0, 0.05) is 17.8 Å². The summed E-state index contributed by atoms with van der Waals surface area (Å²) in [4.78, 5) is 8.08. The maximum Gasteiger partial charge on any atom is 0.162 e. The minimum Gasteiger partial charge on any atom is -0.256 e. The third-order valence-corrected chi connectivity index (χ3v) is 1.51. The highest BCUT2D eigenvalue weighted by atomic mass is 14.8. The van der Waals surface area contributed by atoms with Crippen molar-refractivity contribution in [2.24, 2.45) is 0 Å². The van der Waals surface area contributed by atoms with Crippen molar-refractivity contribution in [1.29, 1.82) is 5.26 Å². The van der Waals surface area contributed by atoms with Gasteiger partial charge in [0.05, 0.1) is 5.69 Å². The van der Waals surface area contributed by atoms with E-state index in [0.29, 0.717) is 5.69 Å². The molecule has 12 heavy (non-hydrogen) atoms. The van der Waals surface area contributed by atoms with E-state index in [1.165, 1.54) is 6.20 Å². The molecule has 3 heteroatoms. The van der Waals surface area contributed by atoms with Crippen LogP contribution in [-0.2, 0) is 5.41 Å². The zero-order chi connectivity index (χ0) is 9.19. The van der Waals surface area contributed by atoms with E-state index in [0.717, 1.165) is 5.69 Å². The molecular formula is C9H11N3. The Morgan fingerprint density at radius 3 is 2.25 bits per heavy atom. The van der Waals surface area contributed by atoms with Crippen LogP contribution >= 0.6 is 0 Å². The molecule has 1 rings (SSSR count). The number of aromatic nitrogens is 2. The molecule has 1 aromatic heterocycles. The zero-order valence-electron chi connectivity index (χ0n) is 7.50. The molecule has 0 unspecified atom stereocenters. The fraction of sp³-hybridized carbons (Fsp3) is 0.444. The number of nitrogens with zero attached hydrogens (tertiary/aromatic N) is 3. The van der Waals surface area contributed by atoms with Crippen molar-refractivity contribution in [1.82, 2.24) is 9.97 Å². The fourth-order valence-electron chi connectivity index (χ4n) is 0.969. The Hall–Kier alpha value is -1.43. The maximum absolute atomic E-state index is 8.73. The average Bonchev–Trinajstić information content (AvgIpc) is 2.03. The van der Waals surface area contributed by atoms with Crippen molar-refractivity contribution < 1.29 is 0 Å². The first kappa shape index (κ1) is 8.66. The van der Waals surface area contributed by atoms with Crippen LogP contribution in [0.25, 0.3) is 0 Å². The quantitative estimate of drug-likeness (QED) is 0.581. The van der Waals surface area contributed by atoms with Gasteiger partial charge in [-0.3, -0.25) is 4.98 Å². The van der Waals surface area contributed by atoms with E-state index in [1.54, 1.807) is 6.20 Å². The molecule has 1 heterocycles. The van der Waals surface area contributed by atoms with Gasteiger partial charge in [-0.15, -0.1) is 0 Å². The third-order valence-electron chi connectivity index (χ3n) is 1.51. The van der Waals surface area contributed by atoms with Crippen LogP contribution in [0, 0.1) is 11.3 Å². The third kappa shape index (κ3) is 1.59. The molecule has 0 bridgehead atoms. The summed E-state index contributed by atoms with van der Waals surface area (Å²) >= 11 is 0. The summed E-state index contributed by atoms with van der Waals surface area (Å²) in [7, 11) is 0. The Balaban J connectivity index is 3.26. The first-order chi connectivity index (χ1) is 5.55. The van der Waals surface area contributed by atoms with Gasteiger partial charge in [-0.2, -0.15) is 5.26 Å². The van der Waals surface area contributed by atoms with Crippen molar-refractivity contribution in [2.75, 3.05) is 0 Å². The first-order valence-corrected chi connectivity index (χ1v) is 3.77. The second kappa shape index (κ2) is 2.90. The molecule has 62 valence electrons. The summed E-state index contributed by atoms with van der Waals surface area (Å²) in [5.41, 5.74) is 1.07. The number of hydrogen-bond acceptors (Lipinski definition) is 3. The summed E-state index contributed by atoms with van der Waals surface area (Å²) in [6, 6.07) is 2.03. The Labute approximate surface area is 72.1 Å². The molecule has 1 aromatic rings. The summed E-state index contributed by atoms with van der Waals surface area (Å²) in [5, 5.41) is 8.73. The minimum absolute atomic E-state index is 0.112. The first-order valence-electron chi connectivity index (χ1n) is 3.77. The highest BCUT2D eigenvalue weighted by molar-refractivity contribution is 5.29. The molecule has 0 N–H and O–H groups in total. The standard InChI is InChI=1S/C9H11N3/c1-9(2,3)8-7(6-10)11-4-5-12-8/h4-5H,1-3H3. The zero-order valence-corrected chi connectivity index (χ0v) is 7.50. The molecule has 0 aliphatic carbocycles. The van der Waals surface area contributed by atoms with Gasteiger partial charge in [0.15, 0.2) is 5.69 Å². The Morgan fingerprint density at radius 1 is 1.25 bits per heavy atom. The van der Waals surface area contributed by atoms with Gasteiger partial charge >= 0.3 is 0 Å². The molecule has 0 saturated heterocycles. The lowest BCUT2D eigenvalue weighted by Gasteiger charge is -2.17. The van der Waals surface area contributed by atoms with Crippen molar-refractivity contribution >= 4 is 0 Å². The Bertz CT molecular complexity index is 317. The van der Waals surface area contributed by atoms with Crippen LogP contribution in [0.4, 0.5) is 0 Å². The predicted molar refractivity (Wildman–Crippen MR) is 45.4 cm³/mol. The summed E-state index contributed by atoms with van der Waals surface area (Å²) in [6.07, 6.45) is 3.15. The van der Waals surface area contributed by atoms with Gasteiger partial charge in [-0.25, -0.2) is 4.98 Å². The van der Waals surface area contributed by atoms with Gasteiger partial charge in [0.25, 0.3) is 0 Å². The minimum atomic E-state index is -0.112. The largest absolute Gasteiger partial charge is 0.256 e. The highest BCUT2D eigenvalue weighted by Gasteiger charge is 2.19. The highest BCUT2D eigenvalue weighted by Crippen LogP contribution is 2.21. The van der Waals surface area contributed by atoms with Crippen LogP contribution in [0.5, 0.6) is 0 Å². The number of nitriles is 1. The maximum atomic E-state index is 8.73. The molecule has 0 aliphatic rings. The van der Waals surface area contributed by atoms with Crippen LogP contribution in [0.2, 0.25) is 0 Å². The van der Waals surface area contributed by atoms with Crippen molar-refractivity contribution in [3.05, 3.63) is 23.8 Å². The number of hydrogen-bond donors (Lipinski definition) is 0. The lowest BCUT2D eigenvalue weighted by atomic mass is 9.90. The molecular weight excluding hydrogens is 150 g/mol. The second-order valence-electron chi connectivity index (χ2n) is 3.62. The summed E-state index contributed by atoms with van der Waals surface area (Å²) < 4.78 is 0. The van der Waals surface area contributed by atoms with Gasteiger partial charge in [-0.1, -0.05) is 20.8 Å². The fourth-order valence-corrected chi connectivity index (χ4v) is 0.969. The van der Waals surface area contributed by atoms with Crippen LogP contribution in [0.1, 0.15) is 32.2 Å². The van der Waals surface area contributed by atoms with Crippen LogP contribution in [0.3, 0.4) is 0 Å². The van der Waals surface area contributed by atoms with Gasteiger partial charge in [0.1, 0.15) is 6.07 Å². The molecule has 0 aliphatic heterocycles. The topological polar surface area (TPSA) is 49.6 Å². The predicted octanol–water partition coefficient (Wildman–Crippen LogP) is 1.65. The molecule has 0 amide bonds. The molecule has 0 radical (unpaired) electrons. The van der Waals surface area contributed by atoms with E-state index in [4.69, 9.17) is 5.26 Å². The smallest absolute Gasteiger partial charge is 0.162 e. The second-order valence-corrected chi connectivity index (χ2v) is 3.62. The van der Waals surface area contributed by atoms with Crippen LogP contribution in [-0.4, -0.2) is 9.97 Å². The summed E-state index contributed by atoms with van der Waals surface area (Å²) in [5.74, 6) is 0. The van der Waals surface area contributed by atoms with E-state index < -0.39 is 0 Å². The van der Waals surface area contributed by atoms with Crippen LogP contribution in [0.15, 0.2) is 12.4 Å². The van der Waals surface area contributed by atoms with Gasteiger partial charge in [0.2, 0.25) is 0 Å². The molecule has 0 saturated carbocycles. The Kier molecular flexibility index (Phi) is 2.09. The van der Waals surface area contributed by atoms with Crippen molar-refractivity contribution in [3.63, 3.8) is 0 Å². The monoisotopic (exact) mass is 161 g/mol. The van der Waals surface area contributed by atoms with Crippen molar-refractivity contribution in [3.8, 4) is 6.07 Å². The molecule has 3 nitrogen and oxygen atoms in total. The van der Waals surface area contributed by atoms with Crippen molar-refractivity contribution in [2.45, 2.75) is 26.2 Å². The van der Waals surface area contributed by atoms with E-state index in [2.05, 4.69) is 9.97 Å². The molecule has 0 aromatic carbocycles. The lowest BCUT2D eigenvalue weighted by Crippen LogP contribution is -2.16. The Morgan fingerprint density at radius 2 is 1.83 bits per heavy atom. The van der Waals surface area contributed by atoms with Gasteiger partial charge in [-0.05, 0) is 0 Å². The van der Waals surface area contributed by atoms with Gasteiger partial charge < -0.3 is 0 Å². The average molecular weight is 161 g/mol. The van der Waals surface area contributed by atoms with E-state index in [-0.39, 0.29) is 5.41 Å². The molecule has 0 spiro atoms. The van der Waals surface area contributed by atoms with E-state index >= 15 is 0 Å². The molecule has 0 atom stereocenters. The van der Waals surface area contributed by atoms with E-state index in [9.17, 15) is 0 Å². The molecule has 0 fully saturated rings.